The van der Waals surface area contributed by atoms with Crippen molar-refractivity contribution in [3.63, 3.8) is 0 Å². The van der Waals surface area contributed by atoms with Crippen LogP contribution in [0.15, 0.2) is 12.1 Å². The molecule has 0 fully saturated rings. The molecule has 0 unspecified atom stereocenters. The first-order valence-electron chi connectivity index (χ1n) is 5.21. The fourth-order valence-electron chi connectivity index (χ4n) is 1.59. The number of ether oxygens (including phenoxy) is 2. The van der Waals surface area contributed by atoms with Crippen LogP contribution in [0.25, 0.3) is 0 Å². The lowest BCUT2D eigenvalue weighted by molar-refractivity contribution is -0.291. The summed E-state index contributed by atoms with van der Waals surface area (Å²) in [4.78, 5) is 0. The van der Waals surface area contributed by atoms with E-state index >= 15 is 0 Å². The molecule has 9 heteroatoms. The van der Waals surface area contributed by atoms with Gasteiger partial charge in [-0.1, -0.05) is 0 Å². The monoisotopic (exact) mass is 301 g/mol. The van der Waals surface area contributed by atoms with Gasteiger partial charge in [0.05, 0.1) is 19.8 Å². The van der Waals surface area contributed by atoms with E-state index in [0.29, 0.717) is 0 Å². The predicted molar refractivity (Wildman–Crippen MR) is 59.1 cm³/mol. The molecule has 0 radical (unpaired) electrons. The molecular formula is C11H12F5NO3. The van der Waals surface area contributed by atoms with Gasteiger partial charge in [0.2, 0.25) is 0 Å². The zero-order chi connectivity index (χ0) is 15.7. The number of rotatable bonds is 4. The van der Waals surface area contributed by atoms with Gasteiger partial charge in [-0.25, -0.2) is 0 Å². The first-order valence-corrected chi connectivity index (χ1v) is 5.21. The molecule has 1 aromatic carbocycles. The summed E-state index contributed by atoms with van der Waals surface area (Å²) in [6.45, 7) is 0. The molecule has 0 saturated carbocycles. The van der Waals surface area contributed by atoms with E-state index in [0.717, 1.165) is 26.4 Å². The number of benzene rings is 1. The lowest BCUT2D eigenvalue weighted by Crippen LogP contribution is -2.46. The smallest absolute Gasteiger partial charge is 0.455 e. The summed E-state index contributed by atoms with van der Waals surface area (Å²) in [5, 5.41) is 9.31. The minimum absolute atomic E-state index is 0.426. The number of halogens is 5. The SMILES string of the molecule is COc1cc(O)cc(OC)c1[C@@H](N)C(F)(F)C(F)(F)F. The van der Waals surface area contributed by atoms with Crippen molar-refractivity contribution < 1.29 is 36.5 Å². The molecule has 1 atom stereocenters. The Hall–Kier alpha value is -1.77. The Labute approximate surface area is 110 Å². The van der Waals surface area contributed by atoms with Crippen molar-refractivity contribution in [3.05, 3.63) is 17.7 Å². The number of hydrogen-bond donors (Lipinski definition) is 2. The molecule has 0 aliphatic carbocycles. The maximum Gasteiger partial charge on any atom is 0.455 e. The fourth-order valence-corrected chi connectivity index (χ4v) is 1.59. The molecule has 1 rings (SSSR count). The van der Waals surface area contributed by atoms with Gasteiger partial charge in [-0.05, 0) is 0 Å². The van der Waals surface area contributed by atoms with Crippen molar-refractivity contribution in [1.29, 1.82) is 0 Å². The van der Waals surface area contributed by atoms with Crippen LogP contribution in [0.2, 0.25) is 0 Å². The number of nitrogens with two attached hydrogens (primary N) is 1. The van der Waals surface area contributed by atoms with Crippen molar-refractivity contribution >= 4 is 0 Å². The maximum absolute atomic E-state index is 13.3. The normalized spacial score (nSPS) is 14.0. The van der Waals surface area contributed by atoms with Gasteiger partial charge in [0.1, 0.15) is 23.3 Å². The van der Waals surface area contributed by atoms with Crippen LogP contribution in [0.4, 0.5) is 22.0 Å². The Morgan fingerprint density at radius 2 is 1.45 bits per heavy atom. The number of methoxy groups -OCH3 is 2. The van der Waals surface area contributed by atoms with Crippen LogP contribution in [0.1, 0.15) is 11.6 Å². The van der Waals surface area contributed by atoms with Crippen molar-refractivity contribution in [1.82, 2.24) is 0 Å². The molecule has 0 aliphatic rings. The minimum Gasteiger partial charge on any atom is -0.508 e. The molecule has 0 spiro atoms. The summed E-state index contributed by atoms with van der Waals surface area (Å²) in [6.07, 6.45) is -5.83. The van der Waals surface area contributed by atoms with Crippen LogP contribution < -0.4 is 15.2 Å². The first kappa shape index (κ1) is 16.3. The highest BCUT2D eigenvalue weighted by atomic mass is 19.4. The molecule has 1 aromatic rings. The van der Waals surface area contributed by atoms with Gasteiger partial charge in [0, 0.05) is 12.1 Å². The number of phenols is 1. The van der Waals surface area contributed by atoms with Crippen molar-refractivity contribution in [3.8, 4) is 17.2 Å². The topological polar surface area (TPSA) is 64.7 Å². The fraction of sp³-hybridized carbons (Fsp3) is 0.455. The third-order valence-corrected chi connectivity index (χ3v) is 2.61. The van der Waals surface area contributed by atoms with Crippen LogP contribution >= 0.6 is 0 Å². The molecule has 0 saturated heterocycles. The Kier molecular flexibility index (Phi) is 4.33. The Bertz CT molecular complexity index is 464. The van der Waals surface area contributed by atoms with Gasteiger partial charge >= 0.3 is 12.1 Å². The number of alkyl halides is 5. The van der Waals surface area contributed by atoms with E-state index < -0.39 is 41.0 Å². The number of hydrogen-bond acceptors (Lipinski definition) is 4. The molecule has 0 heterocycles. The summed E-state index contributed by atoms with van der Waals surface area (Å²) in [5.74, 6) is -6.48. The first-order chi connectivity index (χ1) is 9.06. The zero-order valence-electron chi connectivity index (χ0n) is 10.5. The zero-order valence-corrected chi connectivity index (χ0v) is 10.5. The third kappa shape index (κ3) is 2.72. The number of aromatic hydroxyl groups is 1. The third-order valence-electron chi connectivity index (χ3n) is 2.61. The standard InChI is InChI=1S/C11H12F5NO3/c1-19-6-3-5(18)4-7(20-2)8(6)9(17)10(12,13)11(14,15)16/h3-4,9,18H,17H2,1-2H3/t9-/m1/s1. The molecule has 0 bridgehead atoms. The van der Waals surface area contributed by atoms with E-state index in [9.17, 15) is 27.1 Å². The van der Waals surface area contributed by atoms with Gasteiger partial charge in [-0.15, -0.1) is 0 Å². The van der Waals surface area contributed by atoms with E-state index in [-0.39, 0.29) is 0 Å². The van der Waals surface area contributed by atoms with Gasteiger partial charge in [0.25, 0.3) is 0 Å². The molecule has 4 nitrogen and oxygen atoms in total. The molecule has 0 amide bonds. The van der Waals surface area contributed by atoms with E-state index in [1.54, 1.807) is 0 Å². The Morgan fingerprint density at radius 3 is 1.75 bits per heavy atom. The second-order valence-electron chi connectivity index (χ2n) is 3.86. The largest absolute Gasteiger partial charge is 0.508 e. The van der Waals surface area contributed by atoms with Gasteiger partial charge in [0.15, 0.2) is 0 Å². The lowest BCUT2D eigenvalue weighted by atomic mass is 9.98. The lowest BCUT2D eigenvalue weighted by Gasteiger charge is -2.28. The molecule has 20 heavy (non-hydrogen) atoms. The van der Waals surface area contributed by atoms with E-state index in [1.807, 2.05) is 0 Å². The van der Waals surface area contributed by atoms with Gasteiger partial charge in [-0.3, -0.25) is 0 Å². The van der Waals surface area contributed by atoms with Crippen LogP contribution in [0.3, 0.4) is 0 Å². The van der Waals surface area contributed by atoms with Crippen LogP contribution in [0.5, 0.6) is 17.2 Å². The summed E-state index contributed by atoms with van der Waals surface area (Å²) < 4.78 is 73.1. The predicted octanol–water partition coefficient (Wildman–Crippen LogP) is 2.61. The molecule has 0 aliphatic heterocycles. The van der Waals surface area contributed by atoms with Crippen molar-refractivity contribution in [2.24, 2.45) is 5.73 Å². The molecule has 0 aromatic heterocycles. The summed E-state index contributed by atoms with van der Waals surface area (Å²) in [6, 6.07) is -1.01. The Morgan fingerprint density at radius 1 is 1.05 bits per heavy atom. The highest BCUT2D eigenvalue weighted by Gasteiger charge is 2.62. The highest BCUT2D eigenvalue weighted by molar-refractivity contribution is 5.52. The number of phenolic OH excluding ortho intramolecular Hbond substituents is 1. The minimum atomic E-state index is -5.83. The van der Waals surface area contributed by atoms with E-state index in [4.69, 9.17) is 5.73 Å². The quantitative estimate of drug-likeness (QED) is 0.839. The van der Waals surface area contributed by atoms with Crippen LogP contribution in [-0.2, 0) is 0 Å². The molecular weight excluding hydrogens is 289 g/mol. The molecule has 114 valence electrons. The second kappa shape index (κ2) is 5.31. The average molecular weight is 301 g/mol. The van der Waals surface area contributed by atoms with Crippen molar-refractivity contribution in [2.45, 2.75) is 18.1 Å². The summed E-state index contributed by atoms with van der Waals surface area (Å²) >= 11 is 0. The Balaban J connectivity index is 3.45. The average Bonchev–Trinajstić information content (AvgIpc) is 2.35. The van der Waals surface area contributed by atoms with Crippen molar-refractivity contribution in [2.75, 3.05) is 14.2 Å². The molecule has 3 N–H and O–H groups in total. The maximum atomic E-state index is 13.3. The van der Waals surface area contributed by atoms with Gasteiger partial charge in [-0.2, -0.15) is 22.0 Å². The van der Waals surface area contributed by atoms with Crippen LogP contribution in [0, 0.1) is 0 Å². The van der Waals surface area contributed by atoms with E-state index in [2.05, 4.69) is 9.47 Å². The van der Waals surface area contributed by atoms with E-state index in [1.165, 1.54) is 0 Å². The highest BCUT2D eigenvalue weighted by Crippen LogP contribution is 2.48. The second-order valence-corrected chi connectivity index (χ2v) is 3.86. The summed E-state index contributed by atoms with van der Waals surface area (Å²) in [5.41, 5.74) is 4.37. The van der Waals surface area contributed by atoms with Gasteiger partial charge < -0.3 is 20.3 Å². The summed E-state index contributed by atoms with van der Waals surface area (Å²) in [7, 11) is 2.08. The van der Waals surface area contributed by atoms with Crippen LogP contribution in [-0.4, -0.2) is 31.4 Å².